The van der Waals surface area contributed by atoms with E-state index in [9.17, 15) is 4.79 Å². The molecule has 0 saturated carbocycles. The van der Waals surface area contributed by atoms with Crippen LogP contribution in [0.25, 0.3) is 0 Å². The van der Waals surface area contributed by atoms with Gasteiger partial charge in [0.25, 0.3) is 0 Å². The van der Waals surface area contributed by atoms with E-state index in [0.717, 1.165) is 0 Å². The van der Waals surface area contributed by atoms with Gasteiger partial charge < -0.3 is 15.4 Å². The molecule has 0 aliphatic carbocycles. The van der Waals surface area contributed by atoms with Crippen molar-refractivity contribution in [2.75, 3.05) is 12.4 Å². The average molecular weight is 179 g/mol. The molecule has 68 valence electrons. The molecule has 0 aliphatic rings. The fraction of sp³-hybridized carbons (Fsp3) is 0.125. The van der Waals surface area contributed by atoms with E-state index >= 15 is 0 Å². The lowest BCUT2D eigenvalue weighted by atomic mass is 9.79. The minimum atomic E-state index is -1.55. The number of carbonyl (C=O) groups is 1. The Labute approximate surface area is 76.4 Å². The zero-order valence-electron chi connectivity index (χ0n) is 7.19. The average Bonchev–Trinajstić information content (AvgIpc) is 2.16. The maximum atomic E-state index is 10.5. The summed E-state index contributed by atoms with van der Waals surface area (Å²) in [6, 6.07) is 4.62. The van der Waals surface area contributed by atoms with Crippen molar-refractivity contribution in [3.63, 3.8) is 0 Å². The van der Waals surface area contributed by atoms with Gasteiger partial charge in [0.1, 0.15) is 6.29 Å². The Morgan fingerprint density at radius 3 is 2.54 bits per heavy atom. The van der Waals surface area contributed by atoms with Crippen LogP contribution in [-0.4, -0.2) is 30.5 Å². The van der Waals surface area contributed by atoms with Crippen LogP contribution in [0.5, 0.6) is 0 Å². The van der Waals surface area contributed by atoms with Gasteiger partial charge in [0.15, 0.2) is 0 Å². The van der Waals surface area contributed by atoms with E-state index in [4.69, 9.17) is 10.0 Å². The molecule has 0 saturated heterocycles. The molecule has 5 heteroatoms. The third kappa shape index (κ3) is 2.30. The molecule has 13 heavy (non-hydrogen) atoms. The van der Waals surface area contributed by atoms with Gasteiger partial charge in [-0.15, -0.1) is 0 Å². The molecule has 3 N–H and O–H groups in total. The van der Waals surface area contributed by atoms with Crippen molar-refractivity contribution >= 4 is 24.6 Å². The van der Waals surface area contributed by atoms with Gasteiger partial charge in [0.2, 0.25) is 0 Å². The summed E-state index contributed by atoms with van der Waals surface area (Å²) in [7, 11) is 0.143. The standard InChI is InChI=1S/C8H10BNO3/c1-10-8-3-6(5-11)2-7(4-8)9(12)13/h2-5,10,12-13H,1H3. The Bertz CT molecular complexity index is 314. The van der Waals surface area contributed by atoms with Gasteiger partial charge >= 0.3 is 7.12 Å². The van der Waals surface area contributed by atoms with Crippen molar-refractivity contribution in [1.29, 1.82) is 0 Å². The van der Waals surface area contributed by atoms with Crippen LogP contribution in [0.1, 0.15) is 10.4 Å². The van der Waals surface area contributed by atoms with Crippen molar-refractivity contribution in [3.8, 4) is 0 Å². The normalized spacial score (nSPS) is 9.46. The maximum absolute atomic E-state index is 10.5. The molecule has 1 aromatic carbocycles. The largest absolute Gasteiger partial charge is 0.488 e. The fourth-order valence-corrected chi connectivity index (χ4v) is 1.04. The van der Waals surface area contributed by atoms with Gasteiger partial charge in [-0.3, -0.25) is 4.79 Å². The SMILES string of the molecule is CNc1cc(C=O)cc(B(O)O)c1. The van der Waals surface area contributed by atoms with Gasteiger partial charge in [-0.25, -0.2) is 0 Å². The third-order valence-electron chi connectivity index (χ3n) is 1.70. The lowest BCUT2D eigenvalue weighted by Gasteiger charge is -2.05. The van der Waals surface area contributed by atoms with Gasteiger partial charge in [-0.1, -0.05) is 6.07 Å². The van der Waals surface area contributed by atoms with E-state index in [1.165, 1.54) is 6.07 Å². The molecule has 0 spiro atoms. The second-order valence-electron chi connectivity index (χ2n) is 2.63. The number of nitrogens with one attached hydrogen (secondary N) is 1. The van der Waals surface area contributed by atoms with Crippen molar-refractivity contribution in [1.82, 2.24) is 0 Å². The predicted molar refractivity (Wildman–Crippen MR) is 51.2 cm³/mol. The number of hydrogen-bond donors (Lipinski definition) is 3. The summed E-state index contributed by atoms with van der Waals surface area (Å²) in [6.45, 7) is 0. The Morgan fingerprint density at radius 2 is 2.08 bits per heavy atom. The second kappa shape index (κ2) is 4.07. The summed E-state index contributed by atoms with van der Waals surface area (Å²) in [4.78, 5) is 10.5. The smallest absolute Gasteiger partial charge is 0.423 e. The first kappa shape index (κ1) is 9.76. The number of carbonyl (C=O) groups excluding carboxylic acids is 1. The van der Waals surface area contributed by atoms with Gasteiger partial charge in [0.05, 0.1) is 0 Å². The summed E-state index contributed by atoms with van der Waals surface area (Å²) in [5, 5.41) is 20.6. The van der Waals surface area contributed by atoms with Gasteiger partial charge in [0, 0.05) is 18.3 Å². The van der Waals surface area contributed by atoms with Gasteiger partial charge in [-0.05, 0) is 17.6 Å². The molecule has 0 heterocycles. The Balaban J connectivity index is 3.14. The Morgan fingerprint density at radius 1 is 1.38 bits per heavy atom. The molecule has 4 nitrogen and oxygen atoms in total. The number of hydrogen-bond acceptors (Lipinski definition) is 4. The number of rotatable bonds is 3. The van der Waals surface area contributed by atoms with Crippen molar-refractivity contribution in [2.45, 2.75) is 0 Å². The van der Waals surface area contributed by atoms with Crippen LogP contribution in [0.15, 0.2) is 18.2 Å². The molecule has 0 unspecified atom stereocenters. The highest BCUT2D eigenvalue weighted by atomic mass is 16.4. The van der Waals surface area contributed by atoms with E-state index in [1.54, 1.807) is 19.2 Å². The molecule has 0 bridgehead atoms. The first-order chi connectivity index (χ1) is 6.17. The Kier molecular flexibility index (Phi) is 3.05. The van der Waals surface area contributed by atoms with Crippen molar-refractivity contribution < 1.29 is 14.8 Å². The molecule has 0 aromatic heterocycles. The zero-order chi connectivity index (χ0) is 9.84. The van der Waals surface area contributed by atoms with Crippen LogP contribution in [0.4, 0.5) is 5.69 Å². The lowest BCUT2D eigenvalue weighted by Crippen LogP contribution is -2.30. The molecule has 0 radical (unpaired) electrons. The van der Waals surface area contributed by atoms with Crippen molar-refractivity contribution in [2.24, 2.45) is 0 Å². The first-order valence-electron chi connectivity index (χ1n) is 3.81. The third-order valence-corrected chi connectivity index (χ3v) is 1.70. The van der Waals surface area contributed by atoms with E-state index in [2.05, 4.69) is 5.32 Å². The number of anilines is 1. The summed E-state index contributed by atoms with van der Waals surface area (Å²) in [5.41, 5.74) is 1.39. The molecule has 0 amide bonds. The molecule has 0 aliphatic heterocycles. The minimum Gasteiger partial charge on any atom is -0.423 e. The number of aldehydes is 1. The zero-order valence-corrected chi connectivity index (χ0v) is 7.19. The summed E-state index contributed by atoms with van der Waals surface area (Å²) >= 11 is 0. The van der Waals surface area contributed by atoms with Crippen molar-refractivity contribution in [3.05, 3.63) is 23.8 Å². The van der Waals surface area contributed by atoms with Crippen LogP contribution >= 0.6 is 0 Å². The molecular formula is C8H10BNO3. The highest BCUT2D eigenvalue weighted by molar-refractivity contribution is 6.58. The molecule has 1 aromatic rings. The van der Waals surface area contributed by atoms with E-state index in [0.29, 0.717) is 23.0 Å². The molecule has 0 fully saturated rings. The molecular weight excluding hydrogens is 169 g/mol. The van der Waals surface area contributed by atoms with Crippen LogP contribution in [0.3, 0.4) is 0 Å². The summed E-state index contributed by atoms with van der Waals surface area (Å²) in [6.07, 6.45) is 0.659. The van der Waals surface area contributed by atoms with Gasteiger partial charge in [-0.2, -0.15) is 0 Å². The molecule has 0 atom stereocenters. The monoisotopic (exact) mass is 179 g/mol. The quantitative estimate of drug-likeness (QED) is 0.420. The van der Waals surface area contributed by atoms with Crippen LogP contribution < -0.4 is 10.8 Å². The summed E-state index contributed by atoms with van der Waals surface area (Å²) in [5.74, 6) is 0. The topological polar surface area (TPSA) is 69.6 Å². The lowest BCUT2D eigenvalue weighted by molar-refractivity contribution is 0.112. The number of benzene rings is 1. The first-order valence-corrected chi connectivity index (χ1v) is 3.81. The predicted octanol–water partition coefficient (Wildman–Crippen LogP) is -0.779. The van der Waals surface area contributed by atoms with Crippen LogP contribution in [-0.2, 0) is 0 Å². The van der Waals surface area contributed by atoms with E-state index in [1.807, 2.05) is 0 Å². The van der Waals surface area contributed by atoms with Crippen LogP contribution in [0, 0.1) is 0 Å². The minimum absolute atomic E-state index is 0.300. The Hall–Kier alpha value is -1.33. The van der Waals surface area contributed by atoms with E-state index in [-0.39, 0.29) is 0 Å². The highest BCUT2D eigenvalue weighted by Gasteiger charge is 2.12. The summed E-state index contributed by atoms with van der Waals surface area (Å²) < 4.78 is 0. The second-order valence-corrected chi connectivity index (χ2v) is 2.63. The fourth-order valence-electron chi connectivity index (χ4n) is 1.04. The maximum Gasteiger partial charge on any atom is 0.488 e. The molecule has 1 rings (SSSR count). The van der Waals surface area contributed by atoms with E-state index < -0.39 is 7.12 Å². The van der Waals surface area contributed by atoms with Crippen LogP contribution in [0.2, 0.25) is 0 Å². The highest BCUT2D eigenvalue weighted by Crippen LogP contribution is 2.06.